The van der Waals surface area contributed by atoms with Gasteiger partial charge in [0.25, 0.3) is 0 Å². The van der Waals surface area contributed by atoms with Gasteiger partial charge in [-0.15, -0.1) is 0 Å². The van der Waals surface area contributed by atoms with E-state index >= 15 is 0 Å². The quantitative estimate of drug-likeness (QED) is 0.800. The van der Waals surface area contributed by atoms with Gasteiger partial charge in [-0.05, 0) is 54.9 Å². The van der Waals surface area contributed by atoms with E-state index in [-0.39, 0.29) is 0 Å². The van der Waals surface area contributed by atoms with Crippen molar-refractivity contribution >= 4 is 23.0 Å². The summed E-state index contributed by atoms with van der Waals surface area (Å²) in [4.78, 5) is 0. The van der Waals surface area contributed by atoms with Crippen LogP contribution in [0.1, 0.15) is 16.7 Å². The lowest BCUT2D eigenvalue weighted by Crippen LogP contribution is -2.30. The van der Waals surface area contributed by atoms with E-state index in [0.29, 0.717) is 18.1 Å². The van der Waals surface area contributed by atoms with E-state index < -0.39 is 11.7 Å². The molecule has 2 nitrogen and oxygen atoms in total. The molecule has 6 heteroatoms. The summed E-state index contributed by atoms with van der Waals surface area (Å²) in [5, 5.41) is 6.64. The van der Waals surface area contributed by atoms with Crippen LogP contribution in [-0.4, -0.2) is 11.7 Å². The van der Waals surface area contributed by atoms with Gasteiger partial charge in [0.05, 0.1) is 5.56 Å². The lowest BCUT2D eigenvalue weighted by atomic mass is 10.1. The summed E-state index contributed by atoms with van der Waals surface area (Å²) in [5.74, 6) is 0. The normalized spacial score (nSPS) is 11.1. The van der Waals surface area contributed by atoms with Crippen LogP contribution < -0.4 is 10.6 Å². The smallest absolute Gasteiger partial charge is 0.362 e. The third-order valence-corrected chi connectivity index (χ3v) is 3.62. The molecule has 23 heavy (non-hydrogen) atoms. The van der Waals surface area contributed by atoms with Gasteiger partial charge < -0.3 is 10.6 Å². The molecule has 0 heterocycles. The Labute approximate surface area is 138 Å². The Kier molecular flexibility index (Phi) is 5.60. The third-order valence-electron chi connectivity index (χ3n) is 3.37. The zero-order valence-corrected chi connectivity index (χ0v) is 13.4. The molecule has 0 aromatic heterocycles. The zero-order valence-electron chi connectivity index (χ0n) is 12.6. The summed E-state index contributed by atoms with van der Waals surface area (Å²) < 4.78 is 37.4. The molecule has 2 aromatic carbocycles. The molecule has 0 bridgehead atoms. The van der Waals surface area contributed by atoms with E-state index in [4.69, 9.17) is 12.2 Å². The summed E-state index contributed by atoms with van der Waals surface area (Å²) in [6.07, 6.45) is -3.70. The largest absolute Gasteiger partial charge is 0.416 e. The second kappa shape index (κ2) is 7.46. The lowest BCUT2D eigenvalue weighted by Gasteiger charge is -2.12. The Balaban J connectivity index is 1.81. The highest BCUT2D eigenvalue weighted by Gasteiger charge is 2.29. The molecule has 2 rings (SSSR count). The molecule has 0 spiro atoms. The van der Waals surface area contributed by atoms with Crippen LogP contribution in [-0.2, 0) is 12.6 Å². The Bertz CT molecular complexity index is 666. The first kappa shape index (κ1) is 17.3. The molecule has 0 aliphatic carbocycles. The fourth-order valence-corrected chi connectivity index (χ4v) is 2.27. The van der Waals surface area contributed by atoms with Gasteiger partial charge in [-0.2, -0.15) is 13.2 Å². The van der Waals surface area contributed by atoms with E-state index in [1.807, 2.05) is 31.2 Å². The molecule has 0 fully saturated rings. The first-order valence-corrected chi connectivity index (χ1v) is 7.54. The molecule has 0 atom stereocenters. The van der Waals surface area contributed by atoms with E-state index in [1.165, 1.54) is 12.1 Å². The van der Waals surface area contributed by atoms with Gasteiger partial charge in [-0.1, -0.05) is 30.3 Å². The van der Waals surface area contributed by atoms with Crippen molar-refractivity contribution < 1.29 is 13.2 Å². The molecule has 0 amide bonds. The number of hydrogen-bond donors (Lipinski definition) is 2. The van der Waals surface area contributed by atoms with Crippen molar-refractivity contribution in [2.24, 2.45) is 0 Å². The SMILES string of the molecule is Cc1ccccc1NC(=S)NCCc1ccc(C(F)(F)F)cc1. The van der Waals surface area contributed by atoms with Gasteiger partial charge in [-0.3, -0.25) is 0 Å². The minimum Gasteiger partial charge on any atom is -0.362 e. The number of nitrogens with one attached hydrogen (secondary N) is 2. The highest BCUT2D eigenvalue weighted by Crippen LogP contribution is 2.29. The molecule has 0 unspecified atom stereocenters. The topological polar surface area (TPSA) is 24.1 Å². The number of aryl methyl sites for hydroxylation is 1. The fourth-order valence-electron chi connectivity index (χ4n) is 2.06. The molecule has 0 aliphatic rings. The average Bonchev–Trinajstić information content (AvgIpc) is 2.49. The van der Waals surface area contributed by atoms with Crippen LogP contribution >= 0.6 is 12.2 Å². The van der Waals surface area contributed by atoms with Crippen molar-refractivity contribution in [2.75, 3.05) is 11.9 Å². The summed E-state index contributed by atoms with van der Waals surface area (Å²) in [7, 11) is 0. The van der Waals surface area contributed by atoms with Crippen LogP contribution in [0, 0.1) is 6.92 Å². The van der Waals surface area contributed by atoms with Crippen LogP contribution in [0.2, 0.25) is 0 Å². The van der Waals surface area contributed by atoms with Crippen LogP contribution in [0.25, 0.3) is 0 Å². The molecule has 0 aliphatic heterocycles. The summed E-state index contributed by atoms with van der Waals surface area (Å²) in [5.41, 5.74) is 2.20. The van der Waals surface area contributed by atoms with Crippen LogP contribution in [0.5, 0.6) is 0 Å². The number of halogens is 3. The van der Waals surface area contributed by atoms with Gasteiger partial charge in [0.15, 0.2) is 5.11 Å². The number of rotatable bonds is 4. The Morgan fingerprint density at radius 2 is 1.70 bits per heavy atom. The number of benzene rings is 2. The molecule has 0 saturated carbocycles. The molecule has 0 saturated heterocycles. The monoisotopic (exact) mass is 338 g/mol. The first-order valence-electron chi connectivity index (χ1n) is 7.13. The molecule has 2 aromatic rings. The third kappa shape index (κ3) is 5.25. The van der Waals surface area contributed by atoms with E-state index in [1.54, 1.807) is 0 Å². The fraction of sp³-hybridized carbons (Fsp3) is 0.235. The van der Waals surface area contributed by atoms with Gasteiger partial charge in [0, 0.05) is 12.2 Å². The number of thiocarbonyl (C=S) groups is 1. The average molecular weight is 338 g/mol. The van der Waals surface area contributed by atoms with Gasteiger partial charge in [0.1, 0.15) is 0 Å². The molecule has 122 valence electrons. The molecule has 0 radical (unpaired) electrons. The second-order valence-electron chi connectivity index (χ2n) is 5.14. The van der Waals surface area contributed by atoms with Crippen molar-refractivity contribution in [3.8, 4) is 0 Å². The minimum absolute atomic E-state index is 0.492. The minimum atomic E-state index is -4.30. The highest BCUT2D eigenvalue weighted by atomic mass is 32.1. The van der Waals surface area contributed by atoms with E-state index in [9.17, 15) is 13.2 Å². The zero-order chi connectivity index (χ0) is 16.9. The molecule has 2 N–H and O–H groups in total. The van der Waals surface area contributed by atoms with Crippen molar-refractivity contribution in [3.05, 3.63) is 65.2 Å². The molecular weight excluding hydrogens is 321 g/mol. The number of para-hydroxylation sites is 1. The maximum Gasteiger partial charge on any atom is 0.416 e. The Hall–Kier alpha value is -2.08. The van der Waals surface area contributed by atoms with Crippen molar-refractivity contribution in [3.63, 3.8) is 0 Å². The lowest BCUT2D eigenvalue weighted by molar-refractivity contribution is -0.137. The van der Waals surface area contributed by atoms with Gasteiger partial charge in [-0.25, -0.2) is 0 Å². The van der Waals surface area contributed by atoms with Gasteiger partial charge in [0.2, 0.25) is 0 Å². The van der Waals surface area contributed by atoms with Crippen molar-refractivity contribution in [2.45, 2.75) is 19.5 Å². The van der Waals surface area contributed by atoms with Crippen molar-refractivity contribution in [1.29, 1.82) is 0 Å². The van der Waals surface area contributed by atoms with Crippen LogP contribution in [0.4, 0.5) is 18.9 Å². The first-order chi connectivity index (χ1) is 10.9. The predicted octanol–water partition coefficient (Wildman–Crippen LogP) is 4.54. The summed E-state index contributed by atoms with van der Waals surface area (Å²) >= 11 is 5.21. The predicted molar refractivity (Wildman–Crippen MR) is 90.6 cm³/mol. The van der Waals surface area contributed by atoms with Crippen LogP contribution in [0.3, 0.4) is 0 Å². The maximum absolute atomic E-state index is 12.5. The Morgan fingerprint density at radius 3 is 2.30 bits per heavy atom. The standard InChI is InChI=1S/C17H17F3N2S/c1-12-4-2-3-5-15(12)22-16(23)21-11-10-13-6-8-14(9-7-13)17(18,19)20/h2-9H,10-11H2,1H3,(H2,21,22,23). The van der Waals surface area contributed by atoms with Crippen molar-refractivity contribution in [1.82, 2.24) is 5.32 Å². The number of hydrogen-bond acceptors (Lipinski definition) is 1. The number of alkyl halides is 3. The highest BCUT2D eigenvalue weighted by molar-refractivity contribution is 7.80. The maximum atomic E-state index is 12.5. The van der Waals surface area contributed by atoms with Gasteiger partial charge >= 0.3 is 6.18 Å². The molecular formula is C17H17F3N2S. The summed E-state index contributed by atoms with van der Waals surface area (Å²) in [6, 6.07) is 12.9. The Morgan fingerprint density at radius 1 is 1.04 bits per heavy atom. The summed E-state index contributed by atoms with van der Waals surface area (Å²) in [6.45, 7) is 2.52. The number of anilines is 1. The van der Waals surface area contributed by atoms with E-state index in [2.05, 4.69) is 10.6 Å². The second-order valence-corrected chi connectivity index (χ2v) is 5.55. The van der Waals surface area contributed by atoms with Crippen LogP contribution in [0.15, 0.2) is 48.5 Å². The van der Waals surface area contributed by atoms with E-state index in [0.717, 1.165) is 28.9 Å².